The first kappa shape index (κ1) is 30.4. The van der Waals surface area contributed by atoms with E-state index < -0.39 is 0 Å². The lowest BCUT2D eigenvalue weighted by atomic mass is 9.77. The third-order valence-electron chi connectivity index (χ3n) is 11.8. The molecule has 0 aromatic heterocycles. The second-order valence-electron chi connectivity index (χ2n) is 15.8. The number of nitrogens with zero attached hydrogens (tertiary/aromatic N) is 2. The van der Waals surface area contributed by atoms with E-state index >= 15 is 0 Å². The second-order valence-corrected chi connectivity index (χ2v) is 15.8. The summed E-state index contributed by atoms with van der Waals surface area (Å²) in [7, 11) is 0. The predicted octanol–water partition coefficient (Wildman–Crippen LogP) is 12.5. The van der Waals surface area contributed by atoms with Crippen LogP contribution in [0.4, 0.5) is 11.4 Å². The molecule has 248 valence electrons. The molecule has 2 nitrogen and oxygen atoms in total. The van der Waals surface area contributed by atoms with E-state index in [1.54, 1.807) is 0 Å². The number of benzene rings is 6. The van der Waals surface area contributed by atoms with Crippen molar-refractivity contribution in [1.82, 2.24) is 0 Å². The molecular weight excluding hydrogens is 617 g/mol. The van der Waals surface area contributed by atoms with Crippen molar-refractivity contribution >= 4 is 39.1 Å². The quantitative estimate of drug-likeness (QED) is 0.172. The molecule has 4 aliphatic rings. The molecule has 2 heterocycles. The number of hydrogen-bond acceptors (Lipinski definition) is 2. The Hall–Kier alpha value is -5.47. The van der Waals surface area contributed by atoms with Crippen molar-refractivity contribution in [2.24, 2.45) is 4.99 Å². The summed E-state index contributed by atoms with van der Waals surface area (Å²) in [5, 5.41) is 5.59. The highest BCUT2D eigenvalue weighted by Gasteiger charge is 2.37. The van der Waals surface area contributed by atoms with Gasteiger partial charge in [-0.25, -0.2) is 0 Å². The molecule has 0 saturated heterocycles. The number of rotatable bonds is 4. The maximum absolute atomic E-state index is 4.43. The molecular formula is C49H42N2. The minimum atomic E-state index is 0.102. The van der Waals surface area contributed by atoms with Gasteiger partial charge in [-0.05, 0) is 121 Å². The van der Waals surface area contributed by atoms with Crippen LogP contribution in [0.2, 0.25) is 0 Å². The van der Waals surface area contributed by atoms with Crippen LogP contribution in [0, 0.1) is 0 Å². The monoisotopic (exact) mass is 658 g/mol. The van der Waals surface area contributed by atoms with Crippen LogP contribution in [0.15, 0.2) is 145 Å². The summed E-state index contributed by atoms with van der Waals surface area (Å²) in [6, 6.07) is 40.1. The molecule has 0 saturated carbocycles. The zero-order valence-corrected chi connectivity index (χ0v) is 29.6. The summed E-state index contributed by atoms with van der Waals surface area (Å²) in [6.45, 7) is 7.00. The van der Waals surface area contributed by atoms with Crippen LogP contribution in [0.5, 0.6) is 0 Å². The fraction of sp³-hybridized carbons (Fsp3) is 0.204. The lowest BCUT2D eigenvalue weighted by molar-refractivity contribution is 0.590. The molecule has 0 bridgehead atoms. The molecule has 2 aliphatic heterocycles. The maximum Gasteiger partial charge on any atom is 0.0629 e. The van der Waals surface area contributed by atoms with Gasteiger partial charge in [-0.3, -0.25) is 4.99 Å². The molecule has 0 radical (unpaired) electrons. The first-order chi connectivity index (χ1) is 24.9. The summed E-state index contributed by atoms with van der Waals surface area (Å²) in [4.78, 5) is 6.98. The van der Waals surface area contributed by atoms with Gasteiger partial charge in [0.25, 0.3) is 0 Å². The van der Waals surface area contributed by atoms with Crippen LogP contribution in [-0.2, 0) is 18.3 Å². The van der Waals surface area contributed by atoms with Crippen LogP contribution < -0.4 is 4.90 Å². The molecule has 2 heteroatoms. The minimum absolute atomic E-state index is 0.102. The molecule has 6 aromatic carbocycles. The molecule has 3 unspecified atom stereocenters. The fourth-order valence-electron chi connectivity index (χ4n) is 9.21. The highest BCUT2D eigenvalue weighted by molar-refractivity contribution is 6.18. The van der Waals surface area contributed by atoms with Gasteiger partial charge in [0.15, 0.2) is 0 Å². The molecule has 0 amide bonds. The lowest BCUT2D eigenvalue weighted by Crippen LogP contribution is -2.28. The van der Waals surface area contributed by atoms with E-state index in [4.69, 9.17) is 0 Å². The normalized spacial score (nSPS) is 20.1. The number of para-hydroxylation sites is 1. The number of allylic oxidation sites excluding steroid dienone is 3. The number of aliphatic imine (C=N–C) groups is 1. The van der Waals surface area contributed by atoms with Gasteiger partial charge in [-0.15, -0.1) is 0 Å². The SMILES string of the molecule is CC(C)(C)c1cc2c3c(ccc4c(-c5cccc(N6c7ccccc7C7C=CC=CC76)c5)cc(-c5ccc(C6C=NC=CC6)cc5)c(c43)CC2)c1. The topological polar surface area (TPSA) is 15.6 Å². The highest BCUT2D eigenvalue weighted by atomic mass is 15.2. The molecule has 0 N–H and O–H groups in total. The Kier molecular flexibility index (Phi) is 6.87. The van der Waals surface area contributed by atoms with Crippen LogP contribution in [0.3, 0.4) is 0 Å². The van der Waals surface area contributed by atoms with E-state index in [0.717, 1.165) is 19.3 Å². The fourth-order valence-corrected chi connectivity index (χ4v) is 9.21. The van der Waals surface area contributed by atoms with E-state index in [-0.39, 0.29) is 11.5 Å². The van der Waals surface area contributed by atoms with Gasteiger partial charge < -0.3 is 4.90 Å². The Bertz CT molecular complexity index is 2500. The minimum Gasteiger partial charge on any atom is -0.333 e. The maximum atomic E-state index is 4.43. The Morgan fingerprint density at radius 1 is 0.725 bits per heavy atom. The van der Waals surface area contributed by atoms with Gasteiger partial charge in [-0.1, -0.05) is 130 Å². The van der Waals surface area contributed by atoms with Crippen LogP contribution in [-0.4, -0.2) is 12.3 Å². The van der Waals surface area contributed by atoms with E-state index in [2.05, 4.69) is 170 Å². The Balaban J connectivity index is 1.18. The zero-order chi connectivity index (χ0) is 34.3. The third kappa shape index (κ3) is 4.88. The van der Waals surface area contributed by atoms with E-state index in [1.807, 2.05) is 6.20 Å². The number of aryl methyl sites for hydroxylation is 2. The van der Waals surface area contributed by atoms with Crippen molar-refractivity contribution in [1.29, 1.82) is 0 Å². The average molecular weight is 659 g/mol. The Morgan fingerprint density at radius 2 is 1.59 bits per heavy atom. The molecule has 6 aromatic rings. The largest absolute Gasteiger partial charge is 0.333 e. The standard InChI is InChI=1S/C49H42N2/c1-49(2,3)37-26-34-21-23-41-43(32-19-17-31(18-20-32)36-11-9-25-50-30-36)29-44(42-24-22-35(27-37)47(34)48(41)42)33-10-8-12-38(28-33)51-45-15-6-4-13-39(45)40-14-5-7-16-46(40)51/h4-10,12-20,22,24-30,36,39,45H,11,21,23H2,1-3H3. The van der Waals surface area contributed by atoms with Crippen LogP contribution in [0.25, 0.3) is 43.8 Å². The highest BCUT2D eigenvalue weighted by Crippen LogP contribution is 2.50. The first-order valence-electron chi connectivity index (χ1n) is 18.6. The first-order valence-corrected chi connectivity index (χ1v) is 18.6. The van der Waals surface area contributed by atoms with E-state index in [9.17, 15) is 0 Å². The summed E-state index contributed by atoms with van der Waals surface area (Å²) in [5.41, 5.74) is 15.0. The summed E-state index contributed by atoms with van der Waals surface area (Å²) < 4.78 is 0. The van der Waals surface area contributed by atoms with Gasteiger partial charge in [0.05, 0.1) is 6.04 Å². The molecule has 0 fully saturated rings. The Labute approximate surface area is 301 Å². The number of hydrogen-bond donors (Lipinski definition) is 0. The molecule has 51 heavy (non-hydrogen) atoms. The van der Waals surface area contributed by atoms with Crippen molar-refractivity contribution in [3.05, 3.63) is 168 Å². The lowest BCUT2D eigenvalue weighted by Gasteiger charge is -2.29. The zero-order valence-electron chi connectivity index (χ0n) is 29.6. The number of anilines is 2. The summed E-state index contributed by atoms with van der Waals surface area (Å²) in [5.74, 6) is 0.701. The van der Waals surface area contributed by atoms with Gasteiger partial charge >= 0.3 is 0 Å². The van der Waals surface area contributed by atoms with Gasteiger partial charge in [-0.2, -0.15) is 0 Å². The van der Waals surface area contributed by atoms with Crippen molar-refractivity contribution in [3.8, 4) is 22.3 Å². The van der Waals surface area contributed by atoms with E-state index in [0.29, 0.717) is 11.8 Å². The van der Waals surface area contributed by atoms with Crippen molar-refractivity contribution in [2.75, 3.05) is 4.90 Å². The Morgan fingerprint density at radius 3 is 2.43 bits per heavy atom. The van der Waals surface area contributed by atoms with E-state index in [1.165, 1.54) is 83.0 Å². The van der Waals surface area contributed by atoms with Gasteiger partial charge in [0, 0.05) is 35.6 Å². The summed E-state index contributed by atoms with van der Waals surface area (Å²) in [6.07, 6.45) is 18.4. The van der Waals surface area contributed by atoms with Crippen LogP contribution in [0.1, 0.15) is 66.8 Å². The van der Waals surface area contributed by atoms with Gasteiger partial charge in [0.1, 0.15) is 0 Å². The summed E-state index contributed by atoms with van der Waals surface area (Å²) >= 11 is 0. The number of fused-ring (bicyclic) bond motifs is 3. The molecule has 10 rings (SSSR count). The second kappa shape index (κ2) is 11.5. The van der Waals surface area contributed by atoms with Crippen LogP contribution >= 0.6 is 0 Å². The van der Waals surface area contributed by atoms with Crippen molar-refractivity contribution in [3.63, 3.8) is 0 Å². The molecule has 0 spiro atoms. The third-order valence-corrected chi connectivity index (χ3v) is 11.8. The predicted molar refractivity (Wildman–Crippen MR) is 217 cm³/mol. The van der Waals surface area contributed by atoms with Gasteiger partial charge in [0.2, 0.25) is 0 Å². The molecule has 3 atom stereocenters. The smallest absolute Gasteiger partial charge is 0.0629 e. The molecule has 2 aliphatic carbocycles. The van der Waals surface area contributed by atoms with Crippen molar-refractivity contribution < 1.29 is 0 Å². The average Bonchev–Trinajstić information content (AvgIpc) is 3.51. The van der Waals surface area contributed by atoms with Crippen molar-refractivity contribution in [2.45, 2.75) is 63.3 Å².